The van der Waals surface area contributed by atoms with Gasteiger partial charge in [0.05, 0.1) is 10.7 Å². The van der Waals surface area contributed by atoms with Crippen molar-refractivity contribution in [3.05, 3.63) is 39.7 Å². The lowest BCUT2D eigenvalue weighted by Crippen LogP contribution is -2.62. The number of fused-ring (bicyclic) bond motifs is 1. The Morgan fingerprint density at radius 2 is 2.14 bits per heavy atom. The second-order valence-corrected chi connectivity index (χ2v) is 9.47. The number of nitrogens with one attached hydrogen (secondary N) is 1. The fourth-order valence-corrected chi connectivity index (χ4v) is 6.66. The van der Waals surface area contributed by atoms with Crippen molar-refractivity contribution < 1.29 is 26.7 Å². The molecule has 1 aromatic rings. The van der Waals surface area contributed by atoms with Crippen molar-refractivity contribution in [2.45, 2.75) is 37.5 Å². The average molecular weight is 425 g/mol. The van der Waals surface area contributed by atoms with Gasteiger partial charge in [-0.2, -0.15) is 13.2 Å². The van der Waals surface area contributed by atoms with E-state index in [2.05, 4.69) is 9.71 Å². The number of guanidine groups is 1. The minimum Gasteiger partial charge on any atom is -0.369 e. The van der Waals surface area contributed by atoms with Crippen LogP contribution in [0.1, 0.15) is 25.3 Å². The highest BCUT2D eigenvalue weighted by molar-refractivity contribution is 7.99. The number of alkyl halides is 3. The summed E-state index contributed by atoms with van der Waals surface area (Å²) in [4.78, 5) is 14.5. The van der Waals surface area contributed by atoms with Gasteiger partial charge in [0.2, 0.25) is 5.96 Å². The van der Waals surface area contributed by atoms with Gasteiger partial charge in [-0.25, -0.2) is 14.1 Å². The quantitative estimate of drug-likeness (QED) is 0.290. The maximum Gasteiger partial charge on any atom is 0.404 e. The van der Waals surface area contributed by atoms with Gasteiger partial charge < -0.3 is 5.73 Å². The Labute approximate surface area is 158 Å². The molecule has 0 amide bonds. The zero-order valence-corrected chi connectivity index (χ0v) is 15.6. The Bertz CT molecular complexity index is 893. The molecule has 0 unspecified atom stereocenters. The van der Waals surface area contributed by atoms with Crippen LogP contribution >= 0.6 is 0 Å². The lowest BCUT2D eigenvalue weighted by Gasteiger charge is -2.46. The molecule has 1 saturated heterocycles. The van der Waals surface area contributed by atoms with E-state index in [1.807, 2.05) is 0 Å². The van der Waals surface area contributed by atoms with Crippen LogP contribution in [0.25, 0.3) is 0 Å². The number of nitro benzene ring substituents is 1. The Morgan fingerprint density at radius 3 is 2.75 bits per heavy atom. The first-order valence-electron chi connectivity index (χ1n) is 8.37. The van der Waals surface area contributed by atoms with Crippen LogP contribution in [0.15, 0.2) is 23.2 Å². The monoisotopic (exact) mass is 425 g/mol. The van der Waals surface area contributed by atoms with Crippen molar-refractivity contribution in [1.29, 1.82) is 0 Å². The number of nitrogens with zero attached hydrogens (tertiary/aromatic N) is 3. The lowest BCUT2D eigenvalue weighted by molar-refractivity contribution is -0.385. The number of benzene rings is 1. The van der Waals surface area contributed by atoms with E-state index in [-0.39, 0.29) is 30.9 Å². The number of hydrogen-bond donors (Lipinski definition) is 3. The summed E-state index contributed by atoms with van der Waals surface area (Å²) in [5.74, 6) is -1.64. The van der Waals surface area contributed by atoms with Crippen molar-refractivity contribution in [2.24, 2.45) is 10.7 Å². The first-order valence-corrected chi connectivity index (χ1v) is 10.2. The molecule has 28 heavy (non-hydrogen) atoms. The minimum atomic E-state index is -4.62. The Hall–Kier alpha value is -2.28. The van der Waals surface area contributed by atoms with Gasteiger partial charge in [-0.1, -0.05) is 0 Å². The summed E-state index contributed by atoms with van der Waals surface area (Å²) in [6.07, 6.45) is -4.83. The van der Waals surface area contributed by atoms with Crippen LogP contribution in [0.4, 0.5) is 23.2 Å². The van der Waals surface area contributed by atoms with Gasteiger partial charge in [0, 0.05) is 34.5 Å². The largest absolute Gasteiger partial charge is 0.404 e. The maximum atomic E-state index is 14.4. The summed E-state index contributed by atoms with van der Waals surface area (Å²) in [7, 11) is -3.94. The van der Waals surface area contributed by atoms with E-state index in [1.54, 1.807) is 0 Å². The summed E-state index contributed by atoms with van der Waals surface area (Å²) in [5.41, 5.74) is 3.57. The van der Waals surface area contributed by atoms with E-state index in [9.17, 15) is 31.9 Å². The minimum absolute atomic E-state index is 0.000307. The van der Waals surface area contributed by atoms with E-state index in [4.69, 9.17) is 5.73 Å². The van der Waals surface area contributed by atoms with Gasteiger partial charge in [-0.05, 0) is 25.8 Å². The third-order valence-corrected chi connectivity index (χ3v) is 7.84. The van der Waals surface area contributed by atoms with Crippen molar-refractivity contribution >= 4 is 22.0 Å². The molecule has 0 aromatic heterocycles. The topological polar surface area (TPSA) is 114 Å². The molecule has 3 rings (SSSR count). The first-order chi connectivity index (χ1) is 12.9. The number of nitro groups is 1. The molecule has 2 heterocycles. The third kappa shape index (κ3) is 3.55. The fraction of sp³-hybridized carbons (Fsp3) is 0.533. The third-order valence-electron chi connectivity index (χ3n) is 4.89. The highest BCUT2D eigenvalue weighted by Gasteiger charge is 2.49. The van der Waals surface area contributed by atoms with Crippen molar-refractivity contribution in [2.75, 3.05) is 12.3 Å². The number of nitrogens with two attached hydrogens (primary N) is 1. The van der Waals surface area contributed by atoms with Crippen LogP contribution in [0.2, 0.25) is 0 Å². The maximum absolute atomic E-state index is 14.4. The molecule has 2 aliphatic heterocycles. The van der Waals surface area contributed by atoms with Crippen LogP contribution in [-0.4, -0.2) is 43.9 Å². The smallest absolute Gasteiger partial charge is 0.369 e. The summed E-state index contributed by atoms with van der Waals surface area (Å²) in [6, 6.07) is 0.753. The fourth-order valence-electron chi connectivity index (χ4n) is 3.58. The molecule has 1 aromatic carbocycles. The van der Waals surface area contributed by atoms with E-state index in [1.165, 1.54) is 6.92 Å². The van der Waals surface area contributed by atoms with Gasteiger partial charge in [0.25, 0.3) is 5.69 Å². The summed E-state index contributed by atoms with van der Waals surface area (Å²) >= 11 is 0. The molecule has 0 radical (unpaired) electrons. The van der Waals surface area contributed by atoms with Crippen LogP contribution in [-0.2, 0) is 15.8 Å². The number of halogens is 4. The van der Waals surface area contributed by atoms with E-state index in [0.29, 0.717) is 0 Å². The van der Waals surface area contributed by atoms with Crippen LogP contribution in [0, 0.1) is 15.9 Å². The van der Waals surface area contributed by atoms with E-state index < -0.39 is 50.2 Å². The normalized spacial score (nSPS) is 28.7. The summed E-state index contributed by atoms with van der Waals surface area (Å²) < 4.78 is 71.1. The van der Waals surface area contributed by atoms with Crippen molar-refractivity contribution in [1.82, 2.24) is 9.03 Å². The van der Waals surface area contributed by atoms with Gasteiger partial charge in [-0.3, -0.25) is 18.6 Å². The summed E-state index contributed by atoms with van der Waals surface area (Å²) in [6.45, 7) is 1.34. The van der Waals surface area contributed by atoms with Crippen LogP contribution in [0.3, 0.4) is 0 Å². The van der Waals surface area contributed by atoms with Gasteiger partial charge in [0.1, 0.15) is 17.4 Å². The molecular weight excluding hydrogens is 406 g/mol. The molecular formula is C15H19F4N5O3S. The Morgan fingerprint density at radius 1 is 1.46 bits per heavy atom. The Balaban J connectivity index is 2.09. The second-order valence-electron chi connectivity index (χ2n) is 7.01. The number of thiol groups is 1. The van der Waals surface area contributed by atoms with Gasteiger partial charge >= 0.3 is 6.18 Å². The number of non-ortho nitro benzene ring substituents is 1. The molecule has 1 fully saturated rings. The van der Waals surface area contributed by atoms with Crippen LogP contribution < -0.4 is 10.5 Å². The Kier molecular flexibility index (Phi) is 4.86. The van der Waals surface area contributed by atoms with Gasteiger partial charge in [-0.15, -0.1) is 0 Å². The van der Waals surface area contributed by atoms with Crippen molar-refractivity contribution in [3.8, 4) is 0 Å². The molecule has 8 nitrogen and oxygen atoms in total. The molecule has 2 aliphatic rings. The van der Waals surface area contributed by atoms with Crippen LogP contribution in [0.5, 0.6) is 0 Å². The number of hydrogen-bond acceptors (Lipinski definition) is 5. The van der Waals surface area contributed by atoms with Crippen molar-refractivity contribution in [3.63, 3.8) is 0 Å². The SMILES string of the molecule is C[C@@]1(c2cc([N+](=O)[O-])ccc2F)C[SH]2(=O)N[C@H](C(F)(F)F)CCCN2C(N)=N1. The molecule has 0 aliphatic carbocycles. The predicted octanol–water partition coefficient (Wildman–Crippen LogP) is 1.74. The molecule has 0 bridgehead atoms. The van der Waals surface area contributed by atoms with E-state index in [0.717, 1.165) is 22.5 Å². The van der Waals surface area contributed by atoms with E-state index >= 15 is 0 Å². The highest BCUT2D eigenvalue weighted by atomic mass is 32.3. The average Bonchev–Trinajstić information content (AvgIpc) is 2.73. The number of rotatable bonds is 2. The lowest BCUT2D eigenvalue weighted by atomic mass is 9.93. The first kappa shape index (κ1) is 20.5. The predicted molar refractivity (Wildman–Crippen MR) is 95.4 cm³/mol. The molecule has 156 valence electrons. The highest BCUT2D eigenvalue weighted by Crippen LogP contribution is 2.39. The molecule has 0 spiro atoms. The molecule has 0 saturated carbocycles. The zero-order valence-electron chi connectivity index (χ0n) is 14.7. The molecule has 13 heteroatoms. The molecule has 3 N–H and O–H groups in total. The number of aliphatic imine (C=N–C) groups is 1. The standard InChI is InChI=1S/C15H19F4N5O3S/c1-14(10-7-9(24(25)26)4-5-11(10)16)8-28(27)22-12(15(17,18)19)3-2-6-23(28)13(20)21-14/h4-5,7,12,28H,2-3,6,8H2,1H3,(H2,20,21)(H,22,27)/t12-,14-/m0/s1. The van der Waals surface area contributed by atoms with Gasteiger partial charge in [0.15, 0.2) is 0 Å². The zero-order chi connectivity index (χ0) is 20.9. The summed E-state index contributed by atoms with van der Waals surface area (Å²) in [5, 5.41) is 11.0. The molecule has 2 atom stereocenters. The second kappa shape index (κ2) is 6.65.